The summed E-state index contributed by atoms with van der Waals surface area (Å²) < 4.78 is 5.77. The van der Waals surface area contributed by atoms with Crippen LogP contribution in [0.25, 0.3) is 0 Å². The van der Waals surface area contributed by atoms with Gasteiger partial charge in [0.15, 0.2) is 0 Å². The Hall–Kier alpha value is -1.57. The van der Waals surface area contributed by atoms with Crippen LogP contribution in [0.1, 0.15) is 26.3 Å². The fourth-order valence-electron chi connectivity index (χ4n) is 3.05. The predicted molar refractivity (Wildman–Crippen MR) is 116 cm³/mol. The average Bonchev–Trinajstić information content (AvgIpc) is 2.66. The molecule has 2 N–H and O–H groups in total. The Bertz CT molecular complexity index is 636. The molecule has 0 spiro atoms. The van der Waals surface area contributed by atoms with Crippen LogP contribution in [-0.4, -0.2) is 66.6 Å². The number of rotatable bonds is 9. The maximum absolute atomic E-state index is 12.3. The molecule has 1 heterocycles. The van der Waals surface area contributed by atoms with E-state index in [0.717, 1.165) is 30.9 Å². The van der Waals surface area contributed by atoms with Gasteiger partial charge in [0.1, 0.15) is 0 Å². The summed E-state index contributed by atoms with van der Waals surface area (Å²) in [5.74, 6) is 0.701. The molecule has 6 nitrogen and oxygen atoms in total. The van der Waals surface area contributed by atoms with Crippen molar-refractivity contribution >= 4 is 29.3 Å². The number of hydrogen-bond donors (Lipinski definition) is 2. The fourth-order valence-corrected chi connectivity index (χ4v) is 3.76. The van der Waals surface area contributed by atoms with Crippen molar-refractivity contribution in [2.75, 3.05) is 43.9 Å². The van der Waals surface area contributed by atoms with Gasteiger partial charge in [-0.25, -0.2) is 0 Å². The molecular formula is C21H33N3O3S. The summed E-state index contributed by atoms with van der Waals surface area (Å²) >= 11 is 1.34. The van der Waals surface area contributed by atoms with E-state index in [1.54, 1.807) is 0 Å². The van der Waals surface area contributed by atoms with E-state index in [9.17, 15) is 9.59 Å². The molecule has 1 aromatic rings. The molecular weight excluding hydrogens is 374 g/mol. The highest BCUT2D eigenvalue weighted by Crippen LogP contribution is 2.14. The van der Waals surface area contributed by atoms with Crippen molar-refractivity contribution in [3.05, 3.63) is 29.8 Å². The zero-order valence-electron chi connectivity index (χ0n) is 17.4. The summed E-state index contributed by atoms with van der Waals surface area (Å²) in [4.78, 5) is 26.8. The molecule has 2 unspecified atom stereocenters. The zero-order chi connectivity index (χ0) is 20.5. The number of thioether (sulfide) groups is 1. The van der Waals surface area contributed by atoms with Gasteiger partial charge in [-0.15, -0.1) is 11.8 Å². The van der Waals surface area contributed by atoms with Crippen molar-refractivity contribution in [1.29, 1.82) is 0 Å². The maximum Gasteiger partial charge on any atom is 0.234 e. The molecule has 1 aliphatic heterocycles. The lowest BCUT2D eigenvalue weighted by molar-refractivity contribution is -0.121. The van der Waals surface area contributed by atoms with Crippen molar-refractivity contribution in [3.8, 4) is 0 Å². The highest BCUT2D eigenvalue weighted by molar-refractivity contribution is 8.01. The molecule has 0 aromatic heterocycles. The molecule has 0 saturated carbocycles. The molecule has 1 aromatic carbocycles. The Morgan fingerprint density at radius 1 is 1.25 bits per heavy atom. The molecule has 1 aliphatic rings. The minimum atomic E-state index is -0.292. The lowest BCUT2D eigenvalue weighted by Crippen LogP contribution is -2.49. The number of amides is 2. The van der Waals surface area contributed by atoms with Gasteiger partial charge < -0.3 is 15.4 Å². The van der Waals surface area contributed by atoms with Gasteiger partial charge in [-0.2, -0.15) is 0 Å². The van der Waals surface area contributed by atoms with Gasteiger partial charge >= 0.3 is 0 Å². The molecule has 28 heavy (non-hydrogen) atoms. The van der Waals surface area contributed by atoms with Crippen LogP contribution in [0.4, 0.5) is 5.69 Å². The smallest absolute Gasteiger partial charge is 0.234 e. The molecule has 0 aliphatic carbocycles. The monoisotopic (exact) mass is 407 g/mol. The summed E-state index contributed by atoms with van der Waals surface area (Å²) in [5, 5.41) is 5.52. The second kappa shape index (κ2) is 11.4. The minimum absolute atomic E-state index is 0.0264. The minimum Gasteiger partial charge on any atom is -0.374 e. The van der Waals surface area contributed by atoms with E-state index in [4.69, 9.17) is 4.74 Å². The number of aryl methyl sites for hydroxylation is 1. The summed E-state index contributed by atoms with van der Waals surface area (Å²) in [5.41, 5.74) is 1.92. The normalized spacial score (nSPS) is 18.7. The molecule has 2 rings (SSSR count). The number of carbonyl (C=O) groups is 2. The summed E-state index contributed by atoms with van der Waals surface area (Å²) in [6, 6.07) is 7.66. The third kappa shape index (κ3) is 8.20. The molecule has 2 amide bonds. The van der Waals surface area contributed by atoms with Gasteiger partial charge in [0.05, 0.1) is 23.7 Å². The van der Waals surface area contributed by atoms with Crippen LogP contribution in [0.3, 0.4) is 0 Å². The van der Waals surface area contributed by atoms with E-state index in [-0.39, 0.29) is 28.9 Å². The fraction of sp³-hybridized carbons (Fsp3) is 0.619. The first-order valence-corrected chi connectivity index (χ1v) is 11.0. The summed E-state index contributed by atoms with van der Waals surface area (Å²) in [6.45, 7) is 12.3. The number of nitrogens with zero attached hydrogens (tertiary/aromatic N) is 1. The van der Waals surface area contributed by atoms with E-state index in [0.29, 0.717) is 19.1 Å². The number of benzene rings is 1. The first-order chi connectivity index (χ1) is 13.3. The lowest BCUT2D eigenvalue weighted by atomic mass is 10.2. The molecule has 156 valence electrons. The first kappa shape index (κ1) is 22.7. The second-order valence-electron chi connectivity index (χ2n) is 7.76. The largest absolute Gasteiger partial charge is 0.374 e. The highest BCUT2D eigenvalue weighted by Gasteiger charge is 2.22. The Kier molecular flexibility index (Phi) is 9.28. The third-order valence-electron chi connectivity index (χ3n) is 4.52. The van der Waals surface area contributed by atoms with Gasteiger partial charge in [0.25, 0.3) is 0 Å². The number of morpholine rings is 1. The van der Waals surface area contributed by atoms with Gasteiger partial charge in [0.2, 0.25) is 11.8 Å². The van der Waals surface area contributed by atoms with Crippen LogP contribution in [0.5, 0.6) is 0 Å². The SMILES string of the molecule is Cc1ccc(NC(=O)CSC(C)C(=O)NCC2CN(CC(C)C)CCO2)cc1. The van der Waals surface area contributed by atoms with Crippen LogP contribution in [0.2, 0.25) is 0 Å². The molecule has 2 atom stereocenters. The number of nitrogens with one attached hydrogen (secondary N) is 2. The quantitative estimate of drug-likeness (QED) is 0.658. The van der Waals surface area contributed by atoms with E-state index in [2.05, 4.69) is 29.4 Å². The average molecular weight is 408 g/mol. The molecule has 0 bridgehead atoms. The van der Waals surface area contributed by atoms with E-state index >= 15 is 0 Å². The Morgan fingerprint density at radius 3 is 2.64 bits per heavy atom. The van der Waals surface area contributed by atoms with Crippen LogP contribution in [0, 0.1) is 12.8 Å². The number of anilines is 1. The van der Waals surface area contributed by atoms with Crippen molar-refractivity contribution in [2.45, 2.75) is 39.0 Å². The van der Waals surface area contributed by atoms with Crippen molar-refractivity contribution < 1.29 is 14.3 Å². The molecule has 0 radical (unpaired) electrons. The van der Waals surface area contributed by atoms with Crippen LogP contribution in [-0.2, 0) is 14.3 Å². The number of carbonyl (C=O) groups excluding carboxylic acids is 2. The summed E-state index contributed by atoms with van der Waals surface area (Å²) in [6.07, 6.45) is 0.0264. The third-order valence-corrected chi connectivity index (χ3v) is 5.66. The molecule has 1 saturated heterocycles. The topological polar surface area (TPSA) is 70.7 Å². The van der Waals surface area contributed by atoms with Crippen molar-refractivity contribution in [1.82, 2.24) is 10.2 Å². The van der Waals surface area contributed by atoms with Crippen LogP contribution >= 0.6 is 11.8 Å². The molecule has 7 heteroatoms. The van der Waals surface area contributed by atoms with E-state index in [1.165, 1.54) is 11.8 Å². The molecule has 1 fully saturated rings. The van der Waals surface area contributed by atoms with Gasteiger partial charge in [-0.05, 0) is 31.9 Å². The Balaban J connectivity index is 1.66. The zero-order valence-corrected chi connectivity index (χ0v) is 18.2. The standard InChI is InChI=1S/C21H33N3O3S/c1-15(2)12-24-9-10-27-19(13-24)11-22-21(26)17(4)28-14-20(25)23-18-7-5-16(3)6-8-18/h5-8,15,17,19H,9-14H2,1-4H3,(H,22,26)(H,23,25). The number of hydrogen-bond acceptors (Lipinski definition) is 5. The second-order valence-corrected chi connectivity index (χ2v) is 9.09. The predicted octanol–water partition coefficient (Wildman–Crippen LogP) is 2.53. The van der Waals surface area contributed by atoms with Gasteiger partial charge in [0, 0.05) is 31.9 Å². The van der Waals surface area contributed by atoms with E-state index < -0.39 is 0 Å². The lowest BCUT2D eigenvalue weighted by Gasteiger charge is -2.34. The summed E-state index contributed by atoms with van der Waals surface area (Å²) in [7, 11) is 0. The van der Waals surface area contributed by atoms with E-state index in [1.807, 2.05) is 38.1 Å². The maximum atomic E-state index is 12.3. The van der Waals surface area contributed by atoms with Crippen LogP contribution in [0.15, 0.2) is 24.3 Å². The first-order valence-electron chi connectivity index (χ1n) is 9.93. The number of ether oxygens (including phenoxy) is 1. The van der Waals surface area contributed by atoms with Gasteiger partial charge in [-0.1, -0.05) is 31.5 Å². The van der Waals surface area contributed by atoms with Crippen LogP contribution < -0.4 is 10.6 Å². The van der Waals surface area contributed by atoms with Crippen molar-refractivity contribution in [2.24, 2.45) is 5.92 Å². The van der Waals surface area contributed by atoms with Gasteiger partial charge in [-0.3, -0.25) is 14.5 Å². The Morgan fingerprint density at radius 2 is 1.96 bits per heavy atom. The van der Waals surface area contributed by atoms with Crippen molar-refractivity contribution in [3.63, 3.8) is 0 Å². The highest BCUT2D eigenvalue weighted by atomic mass is 32.2. The Labute approximate surface area is 172 Å².